The summed E-state index contributed by atoms with van der Waals surface area (Å²) >= 11 is 0. The molecule has 0 bridgehead atoms. The highest BCUT2D eigenvalue weighted by molar-refractivity contribution is 6.19. The lowest BCUT2D eigenvalue weighted by atomic mass is 10.0. The first-order chi connectivity index (χ1) is 20.7. The number of fused-ring (bicyclic) bond motifs is 1. The molecule has 2 N–H and O–H groups in total. The van der Waals surface area contributed by atoms with Crippen LogP contribution in [0.15, 0.2) is 77.9 Å². The van der Waals surface area contributed by atoms with Gasteiger partial charge in [0.1, 0.15) is 6.04 Å². The molecule has 12 nitrogen and oxygen atoms in total. The lowest BCUT2D eigenvalue weighted by Gasteiger charge is -2.28. The number of aromatic nitrogens is 1. The number of likely N-dealkylation sites (N-methyl/N-ethyl adjacent to an activating group) is 1. The van der Waals surface area contributed by atoms with Gasteiger partial charge in [-0.2, -0.15) is 0 Å². The lowest BCUT2D eigenvalue weighted by Crippen LogP contribution is -2.53. The predicted octanol–water partition coefficient (Wildman–Crippen LogP) is 2.71. The highest BCUT2D eigenvalue weighted by atomic mass is 16.6. The van der Waals surface area contributed by atoms with Gasteiger partial charge in [-0.3, -0.25) is 29.5 Å². The number of carbonyl (C=O) groups is 3. The van der Waals surface area contributed by atoms with Gasteiger partial charge in [-0.1, -0.05) is 50.2 Å². The number of nitro groups is 1. The molecule has 0 saturated carbocycles. The van der Waals surface area contributed by atoms with Crippen molar-refractivity contribution in [1.29, 1.82) is 0 Å². The Balaban J connectivity index is 1.58. The second-order valence-electron chi connectivity index (χ2n) is 10.0. The molecular weight excluding hydrogens is 550 g/mol. The van der Waals surface area contributed by atoms with Crippen molar-refractivity contribution in [3.8, 4) is 0 Å². The van der Waals surface area contributed by atoms with Crippen LogP contribution in [0, 0.1) is 10.1 Å². The molecule has 2 aromatic carbocycles. The van der Waals surface area contributed by atoms with Gasteiger partial charge in [-0.25, -0.2) is 4.99 Å². The first-order valence-electron chi connectivity index (χ1n) is 14.2. The number of nitro benzene ring substituents is 1. The standard InChI is InChI=1S/C31H35N7O5/c1-4-36(5-2)17-18-37-26-15-7-6-13-24(26)28(25-14-8-9-16-32-25)34-29(31(37)41)35-30(40)21(3)33-27(39)20-22-11-10-12-23(19-22)38(42)43/h6-16,19,21,29H,4-5,17-18,20H2,1-3H3,(H,33,39)(H,35,40)/t21-,29?/m0/s1. The zero-order chi connectivity index (χ0) is 30.9. The predicted molar refractivity (Wildman–Crippen MR) is 163 cm³/mol. The van der Waals surface area contributed by atoms with Gasteiger partial charge in [0.05, 0.1) is 28.4 Å². The van der Waals surface area contributed by atoms with Crippen LogP contribution in [-0.4, -0.2) is 76.6 Å². The third-order valence-electron chi connectivity index (χ3n) is 7.19. The smallest absolute Gasteiger partial charge is 0.272 e. The Kier molecular flexibility index (Phi) is 10.3. The molecule has 4 rings (SSSR count). The number of hydrogen-bond acceptors (Lipinski definition) is 8. The molecule has 12 heteroatoms. The summed E-state index contributed by atoms with van der Waals surface area (Å²) in [6.07, 6.45) is 0.209. The molecule has 43 heavy (non-hydrogen) atoms. The van der Waals surface area contributed by atoms with Crippen molar-refractivity contribution in [3.63, 3.8) is 0 Å². The fourth-order valence-electron chi connectivity index (χ4n) is 4.83. The van der Waals surface area contributed by atoms with Crippen LogP contribution < -0.4 is 15.5 Å². The summed E-state index contributed by atoms with van der Waals surface area (Å²) in [7, 11) is 0. The monoisotopic (exact) mass is 585 g/mol. The number of para-hydroxylation sites is 1. The van der Waals surface area contributed by atoms with Crippen molar-refractivity contribution in [1.82, 2.24) is 20.5 Å². The summed E-state index contributed by atoms with van der Waals surface area (Å²) in [5.74, 6) is -1.51. The Morgan fingerprint density at radius 2 is 1.81 bits per heavy atom. The summed E-state index contributed by atoms with van der Waals surface area (Å²) in [5.41, 5.74) is 2.69. The van der Waals surface area contributed by atoms with Gasteiger partial charge < -0.3 is 20.4 Å². The van der Waals surface area contributed by atoms with Gasteiger partial charge in [0, 0.05) is 37.0 Å². The van der Waals surface area contributed by atoms with E-state index in [1.807, 2.05) is 30.3 Å². The van der Waals surface area contributed by atoms with Gasteiger partial charge in [0.25, 0.3) is 11.6 Å². The van der Waals surface area contributed by atoms with Crippen molar-refractivity contribution in [3.05, 3.63) is 99.9 Å². The van der Waals surface area contributed by atoms with E-state index in [2.05, 4.69) is 34.4 Å². The van der Waals surface area contributed by atoms with Crippen LogP contribution in [0.2, 0.25) is 0 Å². The molecule has 0 saturated heterocycles. The SMILES string of the molecule is CCN(CC)CCN1C(=O)C(NC(=O)[C@H](C)NC(=O)Cc2cccc([N+](=O)[O-])c2)N=C(c2ccccn2)c2ccccc21. The van der Waals surface area contributed by atoms with E-state index in [9.17, 15) is 24.5 Å². The third kappa shape index (κ3) is 7.66. The van der Waals surface area contributed by atoms with E-state index >= 15 is 0 Å². The molecule has 1 unspecified atom stereocenters. The zero-order valence-corrected chi connectivity index (χ0v) is 24.4. The normalized spacial score (nSPS) is 15.3. The number of nitrogens with one attached hydrogen (secondary N) is 2. The number of carbonyl (C=O) groups excluding carboxylic acids is 3. The van der Waals surface area contributed by atoms with E-state index in [-0.39, 0.29) is 12.1 Å². The van der Waals surface area contributed by atoms with Crippen LogP contribution in [0.25, 0.3) is 0 Å². The average Bonchev–Trinajstić information content (AvgIpc) is 3.12. The van der Waals surface area contributed by atoms with Crippen LogP contribution in [0.4, 0.5) is 11.4 Å². The molecule has 0 fully saturated rings. The number of pyridine rings is 1. The van der Waals surface area contributed by atoms with Crippen molar-refractivity contribution in [2.75, 3.05) is 31.1 Å². The number of aliphatic imine (C=N–C) groups is 1. The minimum Gasteiger partial charge on any atom is -0.344 e. The number of non-ortho nitro benzene ring substituents is 1. The summed E-state index contributed by atoms with van der Waals surface area (Å²) in [5, 5.41) is 16.4. The number of amides is 3. The van der Waals surface area contributed by atoms with Crippen molar-refractivity contribution in [2.45, 2.75) is 39.4 Å². The topological polar surface area (TPSA) is 150 Å². The number of anilines is 1. The second-order valence-corrected chi connectivity index (χ2v) is 10.0. The van der Waals surface area contributed by atoms with Crippen molar-refractivity contribution >= 4 is 34.8 Å². The summed E-state index contributed by atoms with van der Waals surface area (Å²) in [6.45, 7) is 8.26. The van der Waals surface area contributed by atoms with Crippen molar-refractivity contribution < 1.29 is 19.3 Å². The molecule has 2 heterocycles. The Hall–Kier alpha value is -4.97. The van der Waals surface area contributed by atoms with Gasteiger partial charge >= 0.3 is 0 Å². The largest absolute Gasteiger partial charge is 0.344 e. The maximum atomic E-state index is 14.0. The Bertz CT molecular complexity index is 1510. The number of hydrogen-bond donors (Lipinski definition) is 2. The highest BCUT2D eigenvalue weighted by Crippen LogP contribution is 2.27. The molecular formula is C31H35N7O5. The Labute approximate surface area is 250 Å². The third-order valence-corrected chi connectivity index (χ3v) is 7.19. The number of benzodiazepines with no additional fused rings is 1. The van der Waals surface area contributed by atoms with Gasteiger partial charge in [0.15, 0.2) is 0 Å². The average molecular weight is 586 g/mol. The minimum atomic E-state index is -1.27. The van der Waals surface area contributed by atoms with E-state index in [0.717, 1.165) is 13.1 Å². The molecule has 3 amide bonds. The number of nitrogens with zero attached hydrogens (tertiary/aromatic N) is 5. The first kappa shape index (κ1) is 31.0. The van der Waals surface area contributed by atoms with Crippen LogP contribution in [0.3, 0.4) is 0 Å². The summed E-state index contributed by atoms with van der Waals surface area (Å²) < 4.78 is 0. The molecule has 1 aliphatic rings. The fourth-order valence-corrected chi connectivity index (χ4v) is 4.83. The summed E-state index contributed by atoms with van der Waals surface area (Å²) in [4.78, 5) is 63.5. The minimum absolute atomic E-state index is 0.129. The second kappa shape index (κ2) is 14.3. The Morgan fingerprint density at radius 1 is 1.07 bits per heavy atom. The first-order valence-corrected chi connectivity index (χ1v) is 14.2. The van der Waals surface area contributed by atoms with E-state index < -0.39 is 34.9 Å². The quantitative estimate of drug-likeness (QED) is 0.245. The molecule has 0 spiro atoms. The number of benzene rings is 2. The van der Waals surface area contributed by atoms with E-state index in [4.69, 9.17) is 4.99 Å². The molecule has 0 radical (unpaired) electrons. The van der Waals surface area contributed by atoms with Gasteiger partial charge in [-0.05, 0) is 43.8 Å². The summed E-state index contributed by atoms with van der Waals surface area (Å²) in [6, 6.07) is 17.6. The molecule has 224 valence electrons. The maximum Gasteiger partial charge on any atom is 0.272 e. The van der Waals surface area contributed by atoms with Crippen LogP contribution in [0.5, 0.6) is 0 Å². The fraction of sp³-hybridized carbons (Fsp3) is 0.323. The maximum absolute atomic E-state index is 14.0. The molecule has 3 aromatic rings. The molecule has 0 aliphatic carbocycles. The lowest BCUT2D eigenvalue weighted by molar-refractivity contribution is -0.384. The highest BCUT2D eigenvalue weighted by Gasteiger charge is 2.34. The van der Waals surface area contributed by atoms with Gasteiger partial charge in [0.2, 0.25) is 18.0 Å². The zero-order valence-electron chi connectivity index (χ0n) is 24.4. The van der Waals surface area contributed by atoms with E-state index in [1.54, 1.807) is 29.3 Å². The molecule has 1 aromatic heterocycles. The van der Waals surface area contributed by atoms with E-state index in [1.165, 1.54) is 25.1 Å². The van der Waals surface area contributed by atoms with Gasteiger partial charge in [-0.15, -0.1) is 0 Å². The molecule has 2 atom stereocenters. The van der Waals surface area contributed by atoms with Crippen LogP contribution >= 0.6 is 0 Å². The van der Waals surface area contributed by atoms with Crippen LogP contribution in [-0.2, 0) is 20.8 Å². The Morgan fingerprint density at radius 3 is 2.51 bits per heavy atom. The van der Waals surface area contributed by atoms with Crippen molar-refractivity contribution in [2.24, 2.45) is 4.99 Å². The molecule has 1 aliphatic heterocycles. The van der Waals surface area contributed by atoms with Crippen LogP contribution in [0.1, 0.15) is 37.6 Å². The van der Waals surface area contributed by atoms with E-state index in [0.29, 0.717) is 41.3 Å². The number of rotatable bonds is 12.